The SMILES string of the molecule is O=C(O)C1/C(=C/c2ccsc2)OC2CC(=O)N21. The lowest BCUT2D eigenvalue weighted by Crippen LogP contribution is -2.54. The second-order valence-corrected chi connectivity index (χ2v) is 4.70. The van der Waals surface area contributed by atoms with E-state index in [0.717, 1.165) is 5.56 Å². The van der Waals surface area contributed by atoms with E-state index in [1.54, 1.807) is 6.08 Å². The molecule has 2 fully saturated rings. The van der Waals surface area contributed by atoms with Crippen molar-refractivity contribution >= 4 is 29.3 Å². The van der Waals surface area contributed by atoms with Crippen molar-refractivity contribution in [2.24, 2.45) is 0 Å². The maximum absolute atomic E-state index is 11.3. The summed E-state index contributed by atoms with van der Waals surface area (Å²) in [6.07, 6.45) is 1.56. The van der Waals surface area contributed by atoms with E-state index in [4.69, 9.17) is 9.84 Å². The van der Waals surface area contributed by atoms with Crippen molar-refractivity contribution in [3.63, 3.8) is 0 Å². The third-order valence-electron chi connectivity index (χ3n) is 2.85. The smallest absolute Gasteiger partial charge is 0.334 e. The summed E-state index contributed by atoms with van der Waals surface area (Å²) in [6, 6.07) is 0.901. The third-order valence-corrected chi connectivity index (χ3v) is 3.55. The molecule has 6 heteroatoms. The van der Waals surface area contributed by atoms with Crippen molar-refractivity contribution < 1.29 is 19.4 Å². The predicted octanol–water partition coefficient (Wildman–Crippen LogP) is 1.13. The van der Waals surface area contributed by atoms with E-state index in [0.29, 0.717) is 5.76 Å². The minimum Gasteiger partial charge on any atom is -0.479 e. The molecular weight excluding hydrogens is 242 g/mol. The number of β-lactam (4-membered cyclic amide) rings is 1. The van der Waals surface area contributed by atoms with Gasteiger partial charge in [-0.3, -0.25) is 9.69 Å². The first-order chi connectivity index (χ1) is 8.16. The fourth-order valence-electron chi connectivity index (χ4n) is 2.04. The van der Waals surface area contributed by atoms with Crippen LogP contribution in [0.1, 0.15) is 12.0 Å². The van der Waals surface area contributed by atoms with Gasteiger partial charge in [-0.05, 0) is 28.5 Å². The van der Waals surface area contributed by atoms with E-state index < -0.39 is 18.2 Å². The minimum absolute atomic E-state index is 0.170. The zero-order chi connectivity index (χ0) is 12.0. The van der Waals surface area contributed by atoms with Gasteiger partial charge in [0.05, 0.1) is 6.42 Å². The largest absolute Gasteiger partial charge is 0.479 e. The summed E-state index contributed by atoms with van der Waals surface area (Å²) < 4.78 is 5.47. The number of aliphatic carboxylic acids is 1. The van der Waals surface area contributed by atoms with Gasteiger partial charge in [0.2, 0.25) is 5.91 Å². The summed E-state index contributed by atoms with van der Waals surface area (Å²) in [5.74, 6) is -0.884. The van der Waals surface area contributed by atoms with Crippen LogP contribution in [0.2, 0.25) is 0 Å². The zero-order valence-corrected chi connectivity index (χ0v) is 9.52. The molecule has 5 nitrogen and oxygen atoms in total. The van der Waals surface area contributed by atoms with E-state index in [1.807, 2.05) is 16.8 Å². The molecule has 1 N–H and O–H groups in total. The van der Waals surface area contributed by atoms with Gasteiger partial charge >= 0.3 is 5.97 Å². The Morgan fingerprint density at radius 1 is 1.65 bits per heavy atom. The second-order valence-electron chi connectivity index (χ2n) is 3.92. The number of nitrogens with zero attached hydrogens (tertiary/aromatic N) is 1. The highest BCUT2D eigenvalue weighted by Gasteiger charge is 2.53. The van der Waals surface area contributed by atoms with E-state index in [9.17, 15) is 9.59 Å². The van der Waals surface area contributed by atoms with Crippen LogP contribution in [-0.4, -0.2) is 34.2 Å². The maximum Gasteiger partial charge on any atom is 0.334 e. The van der Waals surface area contributed by atoms with Crippen LogP contribution in [0.5, 0.6) is 0 Å². The van der Waals surface area contributed by atoms with Gasteiger partial charge in [0, 0.05) is 0 Å². The molecule has 2 aliphatic heterocycles. The molecular formula is C11H9NO4S. The van der Waals surface area contributed by atoms with Gasteiger partial charge < -0.3 is 9.84 Å². The van der Waals surface area contributed by atoms with Crippen molar-refractivity contribution in [2.75, 3.05) is 0 Å². The minimum atomic E-state index is -1.05. The van der Waals surface area contributed by atoms with E-state index >= 15 is 0 Å². The Hall–Kier alpha value is -1.82. The van der Waals surface area contributed by atoms with E-state index in [1.165, 1.54) is 16.2 Å². The van der Waals surface area contributed by atoms with Gasteiger partial charge in [0.25, 0.3) is 0 Å². The van der Waals surface area contributed by atoms with Crippen LogP contribution in [0.25, 0.3) is 6.08 Å². The van der Waals surface area contributed by atoms with Crippen LogP contribution >= 0.6 is 11.3 Å². The number of carboxylic acid groups (broad SMARTS) is 1. The molecule has 2 unspecified atom stereocenters. The van der Waals surface area contributed by atoms with Crippen LogP contribution in [0, 0.1) is 0 Å². The Morgan fingerprint density at radius 2 is 2.47 bits per heavy atom. The van der Waals surface area contributed by atoms with Crippen molar-refractivity contribution in [2.45, 2.75) is 18.7 Å². The molecule has 0 radical (unpaired) electrons. The van der Waals surface area contributed by atoms with E-state index in [2.05, 4.69) is 0 Å². The molecule has 1 aromatic heterocycles. The molecule has 2 aliphatic rings. The standard InChI is InChI=1S/C11H9NO4S/c13-8-4-9-12(8)10(11(14)15)7(16-9)3-6-1-2-17-5-6/h1-3,5,9-10H,4H2,(H,14,15)/b7-3-. The van der Waals surface area contributed by atoms with Crippen molar-refractivity contribution in [1.82, 2.24) is 4.90 Å². The summed E-state index contributed by atoms with van der Waals surface area (Å²) in [5, 5.41) is 12.9. The molecule has 1 amide bonds. The summed E-state index contributed by atoms with van der Waals surface area (Å²) in [6.45, 7) is 0. The van der Waals surface area contributed by atoms with Crippen LogP contribution in [0.4, 0.5) is 0 Å². The number of ether oxygens (including phenoxy) is 1. The lowest BCUT2D eigenvalue weighted by molar-refractivity contribution is -0.163. The second kappa shape index (κ2) is 3.59. The van der Waals surface area contributed by atoms with Gasteiger partial charge in [-0.15, -0.1) is 0 Å². The number of thiophene rings is 1. The maximum atomic E-state index is 11.3. The Morgan fingerprint density at radius 3 is 3.06 bits per heavy atom. The number of fused-ring (bicyclic) bond motifs is 1. The quantitative estimate of drug-likeness (QED) is 0.800. The van der Waals surface area contributed by atoms with Crippen LogP contribution in [0.15, 0.2) is 22.6 Å². The highest BCUT2D eigenvalue weighted by atomic mass is 32.1. The van der Waals surface area contributed by atoms with Crippen molar-refractivity contribution in [1.29, 1.82) is 0 Å². The number of hydrogen-bond donors (Lipinski definition) is 1. The van der Waals surface area contributed by atoms with Crippen LogP contribution in [-0.2, 0) is 14.3 Å². The summed E-state index contributed by atoms with van der Waals surface area (Å²) >= 11 is 1.52. The average molecular weight is 251 g/mol. The summed E-state index contributed by atoms with van der Waals surface area (Å²) in [5.41, 5.74) is 0.895. The fourth-order valence-corrected chi connectivity index (χ4v) is 2.66. The Balaban J connectivity index is 1.95. The monoisotopic (exact) mass is 251 g/mol. The topological polar surface area (TPSA) is 66.8 Å². The normalized spacial score (nSPS) is 28.8. The van der Waals surface area contributed by atoms with E-state index in [-0.39, 0.29) is 12.3 Å². The summed E-state index contributed by atoms with van der Waals surface area (Å²) in [7, 11) is 0. The molecule has 1 aromatic rings. The van der Waals surface area contributed by atoms with Crippen LogP contribution in [0.3, 0.4) is 0 Å². The van der Waals surface area contributed by atoms with Gasteiger partial charge in [0.15, 0.2) is 12.3 Å². The van der Waals surface area contributed by atoms with Crippen LogP contribution < -0.4 is 0 Å². The number of rotatable bonds is 2. The lowest BCUT2D eigenvalue weighted by atomic mass is 10.1. The first kappa shape index (κ1) is 10.3. The molecule has 3 heterocycles. The molecule has 3 rings (SSSR count). The zero-order valence-electron chi connectivity index (χ0n) is 8.70. The molecule has 2 saturated heterocycles. The number of carboxylic acids is 1. The summed E-state index contributed by atoms with van der Waals surface area (Å²) in [4.78, 5) is 23.8. The average Bonchev–Trinajstić information content (AvgIpc) is 2.84. The molecule has 0 spiro atoms. The molecule has 0 bridgehead atoms. The number of amides is 1. The Labute approximate surface area is 101 Å². The molecule has 0 saturated carbocycles. The van der Waals surface area contributed by atoms with Gasteiger partial charge in [-0.1, -0.05) is 0 Å². The predicted molar refractivity (Wildman–Crippen MR) is 60.1 cm³/mol. The van der Waals surface area contributed by atoms with Gasteiger partial charge in [-0.2, -0.15) is 11.3 Å². The Kier molecular flexibility index (Phi) is 2.19. The van der Waals surface area contributed by atoms with Gasteiger partial charge in [-0.25, -0.2) is 4.79 Å². The van der Waals surface area contributed by atoms with Gasteiger partial charge in [0.1, 0.15) is 5.76 Å². The first-order valence-electron chi connectivity index (χ1n) is 5.11. The molecule has 88 valence electrons. The van der Waals surface area contributed by atoms with Crippen molar-refractivity contribution in [3.8, 4) is 0 Å². The molecule has 17 heavy (non-hydrogen) atoms. The molecule has 0 aromatic carbocycles. The number of carbonyl (C=O) groups excluding carboxylic acids is 1. The third kappa shape index (κ3) is 1.52. The molecule has 2 atom stereocenters. The number of carbonyl (C=O) groups is 2. The number of hydrogen-bond acceptors (Lipinski definition) is 4. The van der Waals surface area contributed by atoms with Crippen molar-refractivity contribution in [3.05, 3.63) is 28.1 Å². The Bertz CT molecular complexity index is 508. The lowest BCUT2D eigenvalue weighted by Gasteiger charge is -2.33. The molecule has 0 aliphatic carbocycles. The highest BCUT2D eigenvalue weighted by Crippen LogP contribution is 2.37. The first-order valence-corrected chi connectivity index (χ1v) is 6.05. The highest BCUT2D eigenvalue weighted by molar-refractivity contribution is 7.08. The fraction of sp³-hybridized carbons (Fsp3) is 0.273.